The molecule has 0 atom stereocenters. The number of anilines is 2. The molecule has 0 bridgehead atoms. The van der Waals surface area contributed by atoms with Crippen LogP contribution < -0.4 is 15.4 Å². The summed E-state index contributed by atoms with van der Waals surface area (Å²) >= 11 is 5.10. The fraction of sp³-hybridized carbons (Fsp3) is 0.0714. The van der Waals surface area contributed by atoms with Crippen LogP contribution in [0.25, 0.3) is 0 Å². The number of nitrogens with zero attached hydrogens (tertiary/aromatic N) is 2. The monoisotopic (exact) mass is 348 g/mol. The molecule has 2 aromatic rings. The van der Waals surface area contributed by atoms with Crippen LogP contribution in [0.15, 0.2) is 42.5 Å². The molecule has 0 spiro atoms. The number of benzene rings is 2. The molecule has 0 saturated carbocycles. The summed E-state index contributed by atoms with van der Waals surface area (Å²) in [5, 5.41) is 27.3. The maximum atomic E-state index is 11.1. The van der Waals surface area contributed by atoms with Gasteiger partial charge in [-0.2, -0.15) is 0 Å². The Bertz CT molecular complexity index is 794. The molecule has 0 aliphatic rings. The van der Waals surface area contributed by atoms with E-state index in [1.54, 1.807) is 6.07 Å². The second-order valence-corrected chi connectivity index (χ2v) is 4.93. The van der Waals surface area contributed by atoms with Crippen molar-refractivity contribution in [3.63, 3.8) is 0 Å². The molecular formula is C14H12N4O5S. The van der Waals surface area contributed by atoms with Gasteiger partial charge in [-0.15, -0.1) is 0 Å². The lowest BCUT2D eigenvalue weighted by Crippen LogP contribution is -2.19. The highest BCUT2D eigenvalue weighted by Gasteiger charge is 2.16. The lowest BCUT2D eigenvalue weighted by atomic mass is 10.2. The zero-order chi connectivity index (χ0) is 17.7. The predicted molar refractivity (Wildman–Crippen MR) is 92.6 cm³/mol. The van der Waals surface area contributed by atoms with Crippen molar-refractivity contribution in [2.24, 2.45) is 0 Å². The number of nitrogens with one attached hydrogen (secondary N) is 2. The Labute approximate surface area is 141 Å². The SMILES string of the molecule is COc1ccc(NC(=S)Nc2ccc([N+](=O)[O-])cc2)c([N+](=O)[O-])c1. The second-order valence-electron chi connectivity index (χ2n) is 4.52. The minimum atomic E-state index is -0.556. The van der Waals surface area contributed by atoms with Crippen molar-refractivity contribution in [1.82, 2.24) is 0 Å². The molecule has 2 aromatic carbocycles. The van der Waals surface area contributed by atoms with Crippen LogP contribution in [0.2, 0.25) is 0 Å². The van der Waals surface area contributed by atoms with Crippen LogP contribution in [-0.4, -0.2) is 22.1 Å². The molecule has 0 aliphatic heterocycles. The minimum Gasteiger partial charge on any atom is -0.496 e. The third-order valence-electron chi connectivity index (χ3n) is 2.99. The van der Waals surface area contributed by atoms with Gasteiger partial charge in [-0.25, -0.2) is 0 Å². The van der Waals surface area contributed by atoms with Crippen molar-refractivity contribution < 1.29 is 14.6 Å². The largest absolute Gasteiger partial charge is 0.496 e. The van der Waals surface area contributed by atoms with Crippen LogP contribution in [-0.2, 0) is 0 Å². The first-order chi connectivity index (χ1) is 11.4. The van der Waals surface area contributed by atoms with Crippen LogP contribution in [0.4, 0.5) is 22.7 Å². The molecule has 2 N–H and O–H groups in total. The quantitative estimate of drug-likeness (QED) is 0.480. The molecule has 24 heavy (non-hydrogen) atoms. The summed E-state index contributed by atoms with van der Waals surface area (Å²) in [5.74, 6) is 0.349. The van der Waals surface area contributed by atoms with Crippen LogP contribution in [0.3, 0.4) is 0 Å². The van der Waals surface area contributed by atoms with Gasteiger partial charge in [0.05, 0.1) is 23.0 Å². The van der Waals surface area contributed by atoms with E-state index < -0.39 is 9.85 Å². The fourth-order valence-corrected chi connectivity index (χ4v) is 2.07. The zero-order valence-corrected chi connectivity index (χ0v) is 13.2. The average molecular weight is 348 g/mol. The summed E-state index contributed by atoms with van der Waals surface area (Å²) < 4.78 is 4.96. The highest BCUT2D eigenvalue weighted by molar-refractivity contribution is 7.80. The second kappa shape index (κ2) is 7.33. The lowest BCUT2D eigenvalue weighted by Gasteiger charge is -2.11. The van der Waals surface area contributed by atoms with Crippen molar-refractivity contribution in [1.29, 1.82) is 0 Å². The average Bonchev–Trinajstić information content (AvgIpc) is 2.55. The molecule has 0 radical (unpaired) electrons. The van der Waals surface area contributed by atoms with Crippen molar-refractivity contribution in [3.8, 4) is 5.75 Å². The number of nitro groups is 2. The van der Waals surface area contributed by atoms with Crippen molar-refractivity contribution in [2.75, 3.05) is 17.7 Å². The minimum absolute atomic E-state index is 0.0507. The third kappa shape index (κ3) is 4.14. The van der Waals surface area contributed by atoms with E-state index in [0.717, 1.165) is 0 Å². The lowest BCUT2D eigenvalue weighted by molar-refractivity contribution is -0.384. The summed E-state index contributed by atoms with van der Waals surface area (Å²) in [5.41, 5.74) is 0.460. The van der Waals surface area contributed by atoms with Gasteiger partial charge in [-0.3, -0.25) is 20.2 Å². The first kappa shape index (κ1) is 17.1. The van der Waals surface area contributed by atoms with Crippen LogP contribution in [0, 0.1) is 20.2 Å². The van der Waals surface area contributed by atoms with Crippen molar-refractivity contribution >= 4 is 40.1 Å². The van der Waals surface area contributed by atoms with Gasteiger partial charge in [0.2, 0.25) is 0 Å². The van der Waals surface area contributed by atoms with E-state index >= 15 is 0 Å². The normalized spacial score (nSPS) is 9.88. The van der Waals surface area contributed by atoms with Gasteiger partial charge in [-0.05, 0) is 36.5 Å². The molecule has 0 aliphatic carbocycles. The van der Waals surface area contributed by atoms with Gasteiger partial charge in [0.15, 0.2) is 5.11 Å². The van der Waals surface area contributed by atoms with E-state index in [9.17, 15) is 20.2 Å². The van der Waals surface area contributed by atoms with Crippen molar-refractivity contribution in [3.05, 3.63) is 62.7 Å². The Morgan fingerprint density at radius 1 is 1.04 bits per heavy atom. The Balaban J connectivity index is 2.12. The standard InChI is InChI=1S/C14H12N4O5S/c1-23-11-6-7-12(13(8-11)18(21)22)16-14(24)15-9-2-4-10(5-3-9)17(19)20/h2-8H,1H3,(H2,15,16,24). The first-order valence-corrected chi connectivity index (χ1v) is 6.96. The highest BCUT2D eigenvalue weighted by atomic mass is 32.1. The number of hydrogen-bond donors (Lipinski definition) is 2. The fourth-order valence-electron chi connectivity index (χ4n) is 1.85. The Kier molecular flexibility index (Phi) is 5.22. The van der Waals surface area contributed by atoms with Gasteiger partial charge < -0.3 is 15.4 Å². The molecule has 0 saturated heterocycles. The van der Waals surface area contributed by atoms with Gasteiger partial charge in [0, 0.05) is 17.8 Å². The molecule has 0 fully saturated rings. The summed E-state index contributed by atoms with van der Waals surface area (Å²) in [6.07, 6.45) is 0. The molecule has 0 heterocycles. The Morgan fingerprint density at radius 3 is 2.25 bits per heavy atom. The zero-order valence-electron chi connectivity index (χ0n) is 12.4. The molecule has 2 rings (SSSR count). The van der Waals surface area contributed by atoms with E-state index in [1.807, 2.05) is 0 Å². The Hall–Kier alpha value is -3.27. The highest BCUT2D eigenvalue weighted by Crippen LogP contribution is 2.29. The molecule has 10 heteroatoms. The number of methoxy groups -OCH3 is 1. The van der Waals surface area contributed by atoms with Gasteiger partial charge in [0.1, 0.15) is 11.4 Å². The maximum Gasteiger partial charge on any atom is 0.296 e. The number of hydrogen-bond acceptors (Lipinski definition) is 6. The summed E-state index contributed by atoms with van der Waals surface area (Å²) in [4.78, 5) is 20.6. The summed E-state index contributed by atoms with van der Waals surface area (Å²) in [7, 11) is 1.41. The van der Waals surface area contributed by atoms with Gasteiger partial charge >= 0.3 is 0 Å². The van der Waals surface area contributed by atoms with Crippen LogP contribution in [0.5, 0.6) is 5.75 Å². The smallest absolute Gasteiger partial charge is 0.296 e. The topological polar surface area (TPSA) is 120 Å². The Morgan fingerprint density at radius 2 is 1.71 bits per heavy atom. The predicted octanol–water partition coefficient (Wildman–Crippen LogP) is 3.32. The van der Waals surface area contributed by atoms with E-state index in [2.05, 4.69) is 10.6 Å². The van der Waals surface area contributed by atoms with E-state index in [-0.39, 0.29) is 22.2 Å². The maximum absolute atomic E-state index is 11.1. The van der Waals surface area contributed by atoms with Gasteiger partial charge in [-0.1, -0.05) is 0 Å². The van der Waals surface area contributed by atoms with Gasteiger partial charge in [0.25, 0.3) is 11.4 Å². The summed E-state index contributed by atoms with van der Waals surface area (Å²) in [6, 6.07) is 9.91. The molecule has 0 amide bonds. The number of rotatable bonds is 5. The number of nitro benzene ring substituents is 2. The van der Waals surface area contributed by atoms with E-state index in [0.29, 0.717) is 11.4 Å². The first-order valence-electron chi connectivity index (χ1n) is 6.55. The number of non-ortho nitro benzene ring substituents is 1. The number of ether oxygens (including phenoxy) is 1. The van der Waals surface area contributed by atoms with E-state index in [1.165, 1.54) is 43.5 Å². The third-order valence-corrected chi connectivity index (χ3v) is 3.19. The number of thiocarbonyl (C=S) groups is 1. The molecule has 0 aromatic heterocycles. The summed E-state index contributed by atoms with van der Waals surface area (Å²) in [6.45, 7) is 0. The molecular weight excluding hydrogens is 336 g/mol. The van der Waals surface area contributed by atoms with Crippen LogP contribution in [0.1, 0.15) is 0 Å². The molecule has 0 unspecified atom stereocenters. The van der Waals surface area contributed by atoms with E-state index in [4.69, 9.17) is 17.0 Å². The molecule has 124 valence electrons. The van der Waals surface area contributed by atoms with Crippen molar-refractivity contribution in [2.45, 2.75) is 0 Å². The van der Waals surface area contributed by atoms with Crippen LogP contribution >= 0.6 is 12.2 Å². The molecule has 9 nitrogen and oxygen atoms in total.